The molecule has 1 unspecified atom stereocenters. The van der Waals surface area contributed by atoms with E-state index in [0.29, 0.717) is 37.4 Å². The lowest BCUT2D eigenvalue weighted by Crippen LogP contribution is -2.35. The molecule has 172 valence electrons. The van der Waals surface area contributed by atoms with E-state index in [2.05, 4.69) is 9.97 Å². The number of nitrogens with two attached hydrogens (primary N) is 1. The standard InChI is InChI=1S/C24H31FN4O3/c1-24(2,3)32-23(30)29-7-6-15(13-29)14-31-21-5-4-16(10-19(21)25)17-8-18(9-17)20-11-28-22(26)12-27-20/h4-5,10-12,15,17-18H,6-9,13-14H2,1-3H3,(H2,26,28). The van der Waals surface area contributed by atoms with Crippen LogP contribution in [0.3, 0.4) is 0 Å². The van der Waals surface area contributed by atoms with Crippen molar-refractivity contribution >= 4 is 11.9 Å². The number of carbonyl (C=O) groups excluding carboxylic acids is 1. The zero-order valence-corrected chi connectivity index (χ0v) is 18.9. The first kappa shape index (κ1) is 22.3. The van der Waals surface area contributed by atoms with Crippen molar-refractivity contribution in [1.82, 2.24) is 14.9 Å². The fraction of sp³-hybridized carbons (Fsp3) is 0.542. The predicted octanol–water partition coefficient (Wildman–Crippen LogP) is 4.49. The first-order chi connectivity index (χ1) is 15.2. The number of halogens is 1. The Morgan fingerprint density at radius 3 is 2.66 bits per heavy atom. The number of benzene rings is 1. The third-order valence-corrected chi connectivity index (χ3v) is 6.09. The smallest absolute Gasteiger partial charge is 0.410 e. The minimum atomic E-state index is -0.514. The predicted molar refractivity (Wildman–Crippen MR) is 119 cm³/mol. The van der Waals surface area contributed by atoms with Crippen molar-refractivity contribution in [2.45, 2.75) is 57.5 Å². The number of hydrogen-bond donors (Lipinski definition) is 1. The van der Waals surface area contributed by atoms with Crippen LogP contribution in [0.25, 0.3) is 0 Å². The van der Waals surface area contributed by atoms with E-state index in [0.717, 1.165) is 30.5 Å². The van der Waals surface area contributed by atoms with Gasteiger partial charge in [-0.3, -0.25) is 4.98 Å². The average Bonchev–Trinajstić information content (AvgIpc) is 3.16. The molecule has 7 nitrogen and oxygen atoms in total. The van der Waals surface area contributed by atoms with Gasteiger partial charge in [0.05, 0.1) is 24.7 Å². The minimum absolute atomic E-state index is 0.162. The second-order valence-corrected chi connectivity index (χ2v) is 9.81. The van der Waals surface area contributed by atoms with Crippen LogP contribution in [0.1, 0.15) is 63.1 Å². The Morgan fingerprint density at radius 1 is 1.22 bits per heavy atom. The Labute approximate surface area is 188 Å². The fourth-order valence-electron chi connectivity index (χ4n) is 4.25. The third kappa shape index (κ3) is 5.29. The molecule has 0 bridgehead atoms. The summed E-state index contributed by atoms with van der Waals surface area (Å²) in [6.45, 7) is 7.12. The zero-order valence-electron chi connectivity index (χ0n) is 18.9. The molecule has 8 heteroatoms. The number of aromatic nitrogens is 2. The Kier molecular flexibility index (Phi) is 6.22. The molecule has 2 N–H and O–H groups in total. The molecule has 2 aromatic rings. The maximum absolute atomic E-state index is 14.7. The van der Waals surface area contributed by atoms with Gasteiger partial charge in [-0.1, -0.05) is 6.07 Å². The van der Waals surface area contributed by atoms with Gasteiger partial charge in [0, 0.05) is 24.9 Å². The molecular formula is C24H31FN4O3. The van der Waals surface area contributed by atoms with Crippen molar-refractivity contribution in [2.75, 3.05) is 25.4 Å². The summed E-state index contributed by atoms with van der Waals surface area (Å²) in [5.41, 5.74) is 6.99. The molecule has 1 aliphatic heterocycles. The highest BCUT2D eigenvalue weighted by Crippen LogP contribution is 2.47. The molecule has 2 fully saturated rings. The molecule has 4 rings (SSSR count). The van der Waals surface area contributed by atoms with Crippen molar-refractivity contribution in [3.05, 3.63) is 47.7 Å². The number of nitrogens with zero attached hydrogens (tertiary/aromatic N) is 3. The molecular weight excluding hydrogens is 411 g/mol. The van der Waals surface area contributed by atoms with Crippen LogP contribution >= 0.6 is 0 Å². The Balaban J connectivity index is 1.26. The molecule has 2 aliphatic rings. The van der Waals surface area contributed by atoms with Gasteiger partial charge in [-0.15, -0.1) is 0 Å². The van der Waals surface area contributed by atoms with Crippen LogP contribution < -0.4 is 10.5 Å². The highest BCUT2D eigenvalue weighted by molar-refractivity contribution is 5.68. The molecule has 1 saturated heterocycles. The first-order valence-electron chi connectivity index (χ1n) is 11.2. The molecule has 0 radical (unpaired) electrons. The van der Waals surface area contributed by atoms with Crippen LogP contribution in [0.4, 0.5) is 15.0 Å². The number of likely N-dealkylation sites (tertiary alicyclic amines) is 1. The van der Waals surface area contributed by atoms with E-state index in [4.69, 9.17) is 15.2 Å². The number of ether oxygens (including phenoxy) is 2. The maximum atomic E-state index is 14.7. The molecule has 1 atom stereocenters. The van der Waals surface area contributed by atoms with Crippen molar-refractivity contribution in [3.8, 4) is 5.75 Å². The van der Waals surface area contributed by atoms with Crippen LogP contribution in [0.15, 0.2) is 30.6 Å². The summed E-state index contributed by atoms with van der Waals surface area (Å²) >= 11 is 0. The van der Waals surface area contributed by atoms with Crippen molar-refractivity contribution in [1.29, 1.82) is 0 Å². The summed E-state index contributed by atoms with van der Waals surface area (Å²) < 4.78 is 25.8. The third-order valence-electron chi connectivity index (χ3n) is 6.09. The van der Waals surface area contributed by atoms with Gasteiger partial charge in [-0.25, -0.2) is 14.2 Å². The van der Waals surface area contributed by atoms with Gasteiger partial charge in [0.2, 0.25) is 0 Å². The lowest BCUT2D eigenvalue weighted by atomic mass is 9.70. The van der Waals surface area contributed by atoms with Crippen LogP contribution in [0, 0.1) is 11.7 Å². The number of hydrogen-bond acceptors (Lipinski definition) is 6. The second kappa shape index (κ2) is 8.92. The number of amides is 1. The van der Waals surface area contributed by atoms with Crippen LogP contribution in [0.5, 0.6) is 5.75 Å². The van der Waals surface area contributed by atoms with E-state index in [1.54, 1.807) is 29.4 Å². The number of nitrogen functional groups attached to an aromatic ring is 1. The summed E-state index contributed by atoms with van der Waals surface area (Å²) in [7, 11) is 0. The largest absolute Gasteiger partial charge is 0.490 e. The molecule has 1 aliphatic carbocycles. The van der Waals surface area contributed by atoms with Gasteiger partial charge in [-0.2, -0.15) is 0 Å². The monoisotopic (exact) mass is 442 g/mol. The van der Waals surface area contributed by atoms with Crippen molar-refractivity contribution in [2.24, 2.45) is 5.92 Å². The quantitative estimate of drug-likeness (QED) is 0.733. The topological polar surface area (TPSA) is 90.6 Å². The molecule has 1 aromatic heterocycles. The van der Waals surface area contributed by atoms with E-state index in [-0.39, 0.29) is 23.6 Å². The van der Waals surface area contributed by atoms with E-state index in [1.807, 2.05) is 26.8 Å². The number of anilines is 1. The molecule has 0 spiro atoms. The first-order valence-corrected chi connectivity index (χ1v) is 11.2. The second-order valence-electron chi connectivity index (χ2n) is 9.81. The molecule has 1 amide bonds. The minimum Gasteiger partial charge on any atom is -0.490 e. The summed E-state index contributed by atoms with van der Waals surface area (Å²) in [5, 5.41) is 0. The Bertz CT molecular complexity index is 955. The SMILES string of the molecule is CC(C)(C)OC(=O)N1CCC(COc2ccc(C3CC(c4cnc(N)cn4)C3)cc2F)C1. The fourth-order valence-corrected chi connectivity index (χ4v) is 4.25. The van der Waals surface area contributed by atoms with Gasteiger partial charge in [0.15, 0.2) is 11.6 Å². The summed E-state index contributed by atoms with van der Waals surface area (Å²) in [6, 6.07) is 5.23. The molecule has 1 saturated carbocycles. The molecule has 32 heavy (non-hydrogen) atoms. The van der Waals surface area contributed by atoms with Gasteiger partial charge in [0.1, 0.15) is 11.4 Å². The maximum Gasteiger partial charge on any atom is 0.410 e. The zero-order chi connectivity index (χ0) is 22.9. The lowest BCUT2D eigenvalue weighted by molar-refractivity contribution is 0.0284. The Morgan fingerprint density at radius 2 is 2.00 bits per heavy atom. The summed E-state index contributed by atoms with van der Waals surface area (Å²) in [6.07, 6.45) is 5.64. The van der Waals surface area contributed by atoms with E-state index in [9.17, 15) is 9.18 Å². The van der Waals surface area contributed by atoms with Gasteiger partial charge in [0.25, 0.3) is 0 Å². The van der Waals surface area contributed by atoms with Crippen molar-refractivity contribution in [3.63, 3.8) is 0 Å². The number of rotatable bonds is 5. The summed E-state index contributed by atoms with van der Waals surface area (Å²) in [4.78, 5) is 22.3. The lowest BCUT2D eigenvalue weighted by Gasteiger charge is -2.35. The molecule has 1 aromatic carbocycles. The van der Waals surface area contributed by atoms with E-state index < -0.39 is 5.60 Å². The van der Waals surface area contributed by atoms with Gasteiger partial charge >= 0.3 is 6.09 Å². The van der Waals surface area contributed by atoms with E-state index >= 15 is 0 Å². The van der Waals surface area contributed by atoms with Crippen LogP contribution in [-0.2, 0) is 4.74 Å². The van der Waals surface area contributed by atoms with Gasteiger partial charge in [-0.05, 0) is 63.6 Å². The van der Waals surface area contributed by atoms with Crippen LogP contribution in [0.2, 0.25) is 0 Å². The normalized spacial score (nSPS) is 23.0. The van der Waals surface area contributed by atoms with E-state index in [1.165, 1.54) is 0 Å². The highest BCUT2D eigenvalue weighted by atomic mass is 19.1. The van der Waals surface area contributed by atoms with Crippen LogP contribution in [-0.4, -0.2) is 46.3 Å². The average molecular weight is 443 g/mol. The summed E-state index contributed by atoms with van der Waals surface area (Å²) in [5.74, 6) is 1.12. The van der Waals surface area contributed by atoms with Crippen molar-refractivity contribution < 1.29 is 18.7 Å². The molecule has 2 heterocycles. The highest BCUT2D eigenvalue weighted by Gasteiger charge is 2.33. The van der Waals surface area contributed by atoms with Gasteiger partial charge < -0.3 is 20.1 Å². The number of carbonyl (C=O) groups is 1. The Hall–Kier alpha value is -2.90.